The van der Waals surface area contributed by atoms with Crippen molar-refractivity contribution in [2.45, 2.75) is 25.2 Å². The van der Waals surface area contributed by atoms with Gasteiger partial charge in [0.05, 0.1) is 0 Å². The molecule has 2 aromatic carbocycles. The van der Waals surface area contributed by atoms with Gasteiger partial charge < -0.3 is 5.11 Å². The van der Waals surface area contributed by atoms with Gasteiger partial charge in [-0.05, 0) is 47.1 Å². The highest BCUT2D eigenvalue weighted by atomic mass is 16.3. The van der Waals surface area contributed by atoms with Crippen LogP contribution in [-0.2, 0) is 6.42 Å². The number of aliphatic hydroxyl groups is 1. The molecule has 0 aliphatic heterocycles. The third kappa shape index (κ3) is 1.43. The quantitative estimate of drug-likeness (QED) is 0.810. The lowest BCUT2D eigenvalue weighted by Gasteiger charge is -2.12. The number of hydrogen-bond donors (Lipinski definition) is 1. The monoisotopic (exact) mass is 212 g/mol. The van der Waals surface area contributed by atoms with E-state index >= 15 is 0 Å². The van der Waals surface area contributed by atoms with Crippen LogP contribution in [0.2, 0.25) is 0 Å². The van der Waals surface area contributed by atoms with E-state index in [4.69, 9.17) is 5.11 Å². The summed E-state index contributed by atoms with van der Waals surface area (Å²) in [5.74, 6) is 0.561. The Balaban J connectivity index is 2.20. The summed E-state index contributed by atoms with van der Waals surface area (Å²) in [7, 11) is 0. The van der Waals surface area contributed by atoms with Crippen LogP contribution in [0.25, 0.3) is 10.8 Å². The number of fused-ring (bicyclic) bond motifs is 3. The van der Waals surface area contributed by atoms with Crippen molar-refractivity contribution < 1.29 is 5.11 Å². The average Bonchev–Trinajstić information content (AvgIpc) is 2.73. The maximum Gasteiger partial charge on any atom is 0.0436 e. The minimum absolute atomic E-state index is 0.299. The van der Waals surface area contributed by atoms with Crippen LogP contribution in [0.4, 0.5) is 0 Å². The van der Waals surface area contributed by atoms with Crippen molar-refractivity contribution >= 4 is 10.8 Å². The summed E-state index contributed by atoms with van der Waals surface area (Å²) >= 11 is 0. The Morgan fingerprint density at radius 3 is 2.88 bits per heavy atom. The Labute approximate surface area is 95.7 Å². The first-order valence-corrected chi connectivity index (χ1v) is 6.01. The molecule has 1 unspecified atom stereocenters. The molecule has 0 saturated heterocycles. The van der Waals surface area contributed by atoms with Crippen molar-refractivity contribution in [2.75, 3.05) is 6.61 Å². The number of hydrogen-bond acceptors (Lipinski definition) is 1. The molecular weight excluding hydrogens is 196 g/mol. The molecule has 0 radical (unpaired) electrons. The summed E-state index contributed by atoms with van der Waals surface area (Å²) in [4.78, 5) is 0. The van der Waals surface area contributed by atoms with Crippen LogP contribution < -0.4 is 0 Å². The van der Waals surface area contributed by atoms with Crippen LogP contribution in [0.3, 0.4) is 0 Å². The maximum absolute atomic E-state index is 9.12. The van der Waals surface area contributed by atoms with E-state index in [1.165, 1.54) is 34.7 Å². The summed E-state index contributed by atoms with van der Waals surface area (Å²) in [6.45, 7) is 0.299. The molecule has 2 aromatic rings. The molecule has 0 amide bonds. The summed E-state index contributed by atoms with van der Waals surface area (Å²) in [5.41, 5.74) is 2.98. The van der Waals surface area contributed by atoms with E-state index in [1.807, 2.05) is 0 Å². The first-order chi connectivity index (χ1) is 7.90. The van der Waals surface area contributed by atoms with E-state index in [9.17, 15) is 0 Å². The highest BCUT2D eigenvalue weighted by Crippen LogP contribution is 2.39. The molecule has 3 rings (SSSR count). The van der Waals surface area contributed by atoms with E-state index in [1.54, 1.807) is 0 Å². The molecule has 1 heteroatoms. The lowest BCUT2D eigenvalue weighted by Crippen LogP contribution is -1.97. The maximum atomic E-state index is 9.12. The van der Waals surface area contributed by atoms with Crippen LogP contribution >= 0.6 is 0 Å². The molecule has 82 valence electrons. The molecule has 16 heavy (non-hydrogen) atoms. The molecule has 0 fully saturated rings. The molecule has 1 aliphatic carbocycles. The van der Waals surface area contributed by atoms with Crippen molar-refractivity contribution in [2.24, 2.45) is 0 Å². The van der Waals surface area contributed by atoms with Crippen LogP contribution in [-0.4, -0.2) is 11.7 Å². The fourth-order valence-electron chi connectivity index (χ4n) is 2.96. The van der Waals surface area contributed by atoms with Crippen LogP contribution in [0, 0.1) is 0 Å². The molecule has 1 aliphatic rings. The molecule has 0 aromatic heterocycles. The second kappa shape index (κ2) is 3.91. The third-order valence-electron chi connectivity index (χ3n) is 3.71. The zero-order chi connectivity index (χ0) is 11.0. The topological polar surface area (TPSA) is 20.2 Å². The van der Waals surface area contributed by atoms with E-state index in [2.05, 4.69) is 36.4 Å². The van der Waals surface area contributed by atoms with Gasteiger partial charge in [-0.25, -0.2) is 0 Å². The van der Waals surface area contributed by atoms with E-state index < -0.39 is 0 Å². The van der Waals surface area contributed by atoms with Gasteiger partial charge in [0.1, 0.15) is 0 Å². The molecule has 0 bridgehead atoms. The molecule has 0 saturated carbocycles. The van der Waals surface area contributed by atoms with Crippen molar-refractivity contribution in [3.8, 4) is 0 Å². The number of aryl methyl sites for hydroxylation is 1. The zero-order valence-corrected chi connectivity index (χ0v) is 9.32. The Kier molecular flexibility index (Phi) is 2.41. The SMILES string of the molecule is OCCC1CCc2ccc3ccccc3c21. The van der Waals surface area contributed by atoms with Gasteiger partial charge in [-0.1, -0.05) is 36.4 Å². The molecular formula is C15H16O. The lowest BCUT2D eigenvalue weighted by atomic mass is 9.93. The van der Waals surface area contributed by atoms with Crippen LogP contribution in [0.5, 0.6) is 0 Å². The van der Waals surface area contributed by atoms with Gasteiger partial charge in [-0.3, -0.25) is 0 Å². The fraction of sp³-hybridized carbons (Fsp3) is 0.333. The Hall–Kier alpha value is -1.34. The lowest BCUT2D eigenvalue weighted by molar-refractivity contribution is 0.275. The minimum atomic E-state index is 0.299. The first-order valence-electron chi connectivity index (χ1n) is 6.01. The van der Waals surface area contributed by atoms with Crippen LogP contribution in [0.15, 0.2) is 36.4 Å². The Bertz CT molecular complexity index is 514. The molecule has 0 heterocycles. The van der Waals surface area contributed by atoms with Crippen molar-refractivity contribution in [1.29, 1.82) is 0 Å². The molecule has 1 nitrogen and oxygen atoms in total. The van der Waals surface area contributed by atoms with Gasteiger partial charge >= 0.3 is 0 Å². The van der Waals surface area contributed by atoms with Gasteiger partial charge in [-0.2, -0.15) is 0 Å². The van der Waals surface area contributed by atoms with Gasteiger partial charge in [0.15, 0.2) is 0 Å². The smallest absolute Gasteiger partial charge is 0.0436 e. The Morgan fingerprint density at radius 2 is 2.00 bits per heavy atom. The highest BCUT2D eigenvalue weighted by molar-refractivity contribution is 5.87. The van der Waals surface area contributed by atoms with Crippen molar-refractivity contribution in [3.63, 3.8) is 0 Å². The van der Waals surface area contributed by atoms with Crippen LogP contribution in [0.1, 0.15) is 29.9 Å². The minimum Gasteiger partial charge on any atom is -0.396 e. The summed E-state index contributed by atoms with van der Waals surface area (Å²) < 4.78 is 0. The normalized spacial score (nSPS) is 18.9. The van der Waals surface area contributed by atoms with E-state index in [0.29, 0.717) is 12.5 Å². The summed E-state index contributed by atoms with van der Waals surface area (Å²) in [6, 6.07) is 13.1. The second-order valence-corrected chi connectivity index (χ2v) is 4.61. The fourth-order valence-corrected chi connectivity index (χ4v) is 2.96. The average molecular weight is 212 g/mol. The van der Waals surface area contributed by atoms with E-state index in [-0.39, 0.29) is 0 Å². The summed E-state index contributed by atoms with van der Waals surface area (Å²) in [5, 5.41) is 11.8. The third-order valence-corrected chi connectivity index (χ3v) is 3.71. The zero-order valence-electron chi connectivity index (χ0n) is 9.32. The van der Waals surface area contributed by atoms with E-state index in [0.717, 1.165) is 6.42 Å². The highest BCUT2D eigenvalue weighted by Gasteiger charge is 2.23. The molecule has 1 N–H and O–H groups in total. The van der Waals surface area contributed by atoms with Gasteiger partial charge in [0.25, 0.3) is 0 Å². The van der Waals surface area contributed by atoms with Gasteiger partial charge in [0.2, 0.25) is 0 Å². The first kappa shape index (κ1) is 9.86. The standard InChI is InChI=1S/C15H16O/c16-10-9-13-8-7-12-6-5-11-3-1-2-4-14(11)15(12)13/h1-6,13,16H,7-10H2. The summed E-state index contributed by atoms with van der Waals surface area (Å²) in [6.07, 6.45) is 3.27. The number of rotatable bonds is 2. The predicted molar refractivity (Wildman–Crippen MR) is 66.7 cm³/mol. The molecule has 1 atom stereocenters. The van der Waals surface area contributed by atoms with Gasteiger partial charge in [-0.15, -0.1) is 0 Å². The Morgan fingerprint density at radius 1 is 1.12 bits per heavy atom. The molecule has 0 spiro atoms. The number of benzene rings is 2. The predicted octanol–water partition coefficient (Wildman–Crippen LogP) is 3.25. The van der Waals surface area contributed by atoms with Crippen molar-refractivity contribution in [3.05, 3.63) is 47.5 Å². The van der Waals surface area contributed by atoms with Crippen molar-refractivity contribution in [1.82, 2.24) is 0 Å². The number of aliphatic hydroxyl groups excluding tert-OH is 1. The largest absolute Gasteiger partial charge is 0.396 e. The second-order valence-electron chi connectivity index (χ2n) is 4.61. The van der Waals surface area contributed by atoms with Gasteiger partial charge in [0, 0.05) is 6.61 Å².